The molecule has 0 aromatic rings. The van der Waals surface area contributed by atoms with Crippen LogP contribution in [0.4, 0.5) is 0 Å². The molecule has 0 rings (SSSR count). The molecule has 4 N–H and O–H groups in total. The molecule has 11 heteroatoms. The topological polar surface area (TPSA) is 143 Å². The summed E-state index contributed by atoms with van der Waals surface area (Å²) < 4.78 is 34.3. The van der Waals surface area contributed by atoms with Crippen LogP contribution in [-0.4, -0.2) is 46.2 Å². The van der Waals surface area contributed by atoms with Crippen molar-refractivity contribution in [2.75, 3.05) is 26.4 Å². The second-order valence-corrected chi connectivity index (χ2v) is 5.58. The van der Waals surface area contributed by atoms with Gasteiger partial charge in [-0.25, -0.2) is 9.13 Å². The van der Waals surface area contributed by atoms with Gasteiger partial charge in [0.15, 0.2) is 0 Å². The Hall–Kier alpha value is 0.180. The van der Waals surface area contributed by atoms with Crippen LogP contribution in [0.2, 0.25) is 0 Å². The van der Waals surface area contributed by atoms with E-state index in [0.29, 0.717) is 0 Å². The third-order valence-corrected chi connectivity index (χ3v) is 2.90. The molecule has 0 aliphatic heterocycles. The zero-order chi connectivity index (χ0) is 13.4. The number of phosphoric ester groups is 2. The summed E-state index contributed by atoms with van der Waals surface area (Å²) in [6, 6.07) is 0. The summed E-state index contributed by atoms with van der Waals surface area (Å²) >= 11 is 0. The Labute approximate surface area is 98.2 Å². The lowest BCUT2D eigenvalue weighted by Crippen LogP contribution is -2.02. The fourth-order valence-electron chi connectivity index (χ4n) is 0.704. The monoisotopic (exact) mass is 294 g/mol. The van der Waals surface area contributed by atoms with Crippen LogP contribution in [0.25, 0.3) is 0 Å². The van der Waals surface area contributed by atoms with E-state index in [1.54, 1.807) is 0 Å². The van der Waals surface area contributed by atoms with Crippen LogP contribution in [0.15, 0.2) is 0 Å². The smallest absolute Gasteiger partial charge is 0.396 e. The highest BCUT2D eigenvalue weighted by atomic mass is 31.2. The number of phosphoric acid groups is 2. The minimum atomic E-state index is -4.51. The maximum atomic E-state index is 11.1. The van der Waals surface area contributed by atoms with E-state index in [1.807, 2.05) is 0 Å². The molecule has 0 saturated carbocycles. The Morgan fingerprint density at radius 3 is 1.76 bits per heavy atom. The molecule has 0 fully saturated rings. The van der Waals surface area contributed by atoms with Crippen molar-refractivity contribution in [2.24, 2.45) is 0 Å². The summed E-state index contributed by atoms with van der Waals surface area (Å²) in [5.74, 6) is 0. The number of rotatable bonds is 10. The first-order chi connectivity index (χ1) is 7.77. The van der Waals surface area contributed by atoms with Gasteiger partial charge in [0.1, 0.15) is 0 Å². The molecule has 0 radical (unpaired) electrons. The Bertz CT molecular complexity index is 287. The van der Waals surface area contributed by atoms with E-state index in [9.17, 15) is 9.13 Å². The van der Waals surface area contributed by atoms with Gasteiger partial charge in [-0.1, -0.05) is 0 Å². The van der Waals surface area contributed by atoms with Crippen molar-refractivity contribution in [1.29, 1.82) is 0 Å². The molecule has 0 bridgehead atoms. The average molecular weight is 294 g/mol. The van der Waals surface area contributed by atoms with Crippen molar-refractivity contribution in [3.63, 3.8) is 0 Å². The lowest BCUT2D eigenvalue weighted by atomic mass is 10.5. The van der Waals surface area contributed by atoms with Crippen molar-refractivity contribution in [2.45, 2.75) is 12.8 Å². The normalized spacial score (nSPS) is 15.8. The highest BCUT2D eigenvalue weighted by Gasteiger charge is 2.20. The summed E-state index contributed by atoms with van der Waals surface area (Å²) in [5.41, 5.74) is 0. The van der Waals surface area contributed by atoms with Gasteiger partial charge < -0.3 is 19.8 Å². The van der Waals surface area contributed by atoms with Crippen molar-refractivity contribution in [3.05, 3.63) is 0 Å². The fraction of sp³-hybridized carbons (Fsp3) is 1.00. The third-order valence-electron chi connectivity index (χ3n) is 1.36. The van der Waals surface area contributed by atoms with Gasteiger partial charge in [0, 0.05) is 6.61 Å². The molecule has 1 unspecified atom stereocenters. The Kier molecular flexibility index (Phi) is 8.40. The molecule has 1 atom stereocenters. The molecule has 0 saturated heterocycles. The summed E-state index contributed by atoms with van der Waals surface area (Å²) in [4.78, 5) is 25.7. The van der Waals surface area contributed by atoms with Gasteiger partial charge in [-0.15, -0.1) is 0 Å². The molecule has 9 nitrogen and oxygen atoms in total. The van der Waals surface area contributed by atoms with Crippen LogP contribution >= 0.6 is 15.6 Å². The third kappa shape index (κ3) is 12.4. The minimum Gasteiger partial charge on any atom is -0.396 e. The molecule has 104 valence electrons. The van der Waals surface area contributed by atoms with Crippen LogP contribution in [0, 0.1) is 0 Å². The van der Waals surface area contributed by atoms with E-state index in [0.717, 1.165) is 0 Å². The highest BCUT2D eigenvalue weighted by molar-refractivity contribution is 7.47. The second kappa shape index (κ2) is 8.31. The van der Waals surface area contributed by atoms with Gasteiger partial charge >= 0.3 is 15.6 Å². The van der Waals surface area contributed by atoms with Crippen LogP contribution in [-0.2, 0) is 22.7 Å². The van der Waals surface area contributed by atoms with Crippen molar-refractivity contribution >= 4 is 15.6 Å². The summed E-state index contributed by atoms with van der Waals surface area (Å²) in [6.45, 7) is -0.840. The van der Waals surface area contributed by atoms with Crippen molar-refractivity contribution in [3.8, 4) is 0 Å². The molecule has 0 aliphatic rings. The number of aliphatic hydroxyl groups excluding tert-OH is 1. The van der Waals surface area contributed by atoms with E-state index in [4.69, 9.17) is 19.8 Å². The lowest BCUT2D eigenvalue weighted by Gasteiger charge is -2.11. The zero-order valence-corrected chi connectivity index (χ0v) is 10.8. The van der Waals surface area contributed by atoms with Crippen LogP contribution in [0.5, 0.6) is 0 Å². The Balaban J connectivity index is 3.59. The van der Waals surface area contributed by atoms with E-state index in [2.05, 4.69) is 13.6 Å². The van der Waals surface area contributed by atoms with Crippen LogP contribution in [0.1, 0.15) is 12.8 Å². The molecule has 0 aromatic heterocycles. The predicted octanol–water partition coefficient (Wildman–Crippen LogP) is 0.00180. The number of hydrogen-bond donors (Lipinski definition) is 4. The first-order valence-corrected chi connectivity index (χ1v) is 7.72. The Morgan fingerprint density at radius 2 is 1.29 bits per heavy atom. The van der Waals surface area contributed by atoms with Gasteiger partial charge in [0.05, 0.1) is 19.8 Å². The van der Waals surface area contributed by atoms with Gasteiger partial charge in [-0.3, -0.25) is 13.6 Å². The lowest BCUT2D eigenvalue weighted by molar-refractivity contribution is 0.128. The standard InChI is InChI=1S/C6H16O9P2/c7-3-1-4-14-17(11,12)15-6-2-5-13-16(8,9)10/h7H,1-6H2,(H,11,12)(H2,8,9,10). The average Bonchev–Trinajstić information content (AvgIpc) is 2.15. The molecular formula is C6H16O9P2. The maximum Gasteiger partial charge on any atom is 0.472 e. The van der Waals surface area contributed by atoms with Gasteiger partial charge in [0.2, 0.25) is 0 Å². The summed E-state index contributed by atoms with van der Waals surface area (Å²) in [6.07, 6.45) is 0.230. The largest absolute Gasteiger partial charge is 0.472 e. The molecule has 0 aromatic carbocycles. The first kappa shape index (κ1) is 17.2. The van der Waals surface area contributed by atoms with Crippen molar-refractivity contribution < 1.29 is 42.5 Å². The molecule has 0 spiro atoms. The van der Waals surface area contributed by atoms with Gasteiger partial charge in [-0.05, 0) is 12.8 Å². The Morgan fingerprint density at radius 1 is 0.824 bits per heavy atom. The highest BCUT2D eigenvalue weighted by Crippen LogP contribution is 2.43. The molecule has 0 heterocycles. The quantitative estimate of drug-likeness (QED) is 0.323. The molecular weight excluding hydrogens is 278 g/mol. The van der Waals surface area contributed by atoms with Gasteiger partial charge in [0.25, 0.3) is 0 Å². The maximum absolute atomic E-state index is 11.1. The summed E-state index contributed by atoms with van der Waals surface area (Å²) in [5, 5.41) is 8.40. The second-order valence-electron chi connectivity index (χ2n) is 2.89. The molecule has 0 aliphatic carbocycles. The van der Waals surface area contributed by atoms with Gasteiger partial charge in [-0.2, -0.15) is 0 Å². The fourth-order valence-corrected chi connectivity index (χ4v) is 1.87. The molecule has 17 heavy (non-hydrogen) atoms. The zero-order valence-electron chi connectivity index (χ0n) is 8.97. The van der Waals surface area contributed by atoms with Crippen LogP contribution < -0.4 is 0 Å². The summed E-state index contributed by atoms with van der Waals surface area (Å²) in [7, 11) is -8.68. The molecule has 0 amide bonds. The van der Waals surface area contributed by atoms with E-state index < -0.39 is 15.6 Å². The van der Waals surface area contributed by atoms with E-state index in [1.165, 1.54) is 0 Å². The SMILES string of the molecule is O=P(O)(O)OCCCOP(=O)(O)OCCCO. The van der Waals surface area contributed by atoms with E-state index >= 15 is 0 Å². The number of hydrogen-bond acceptors (Lipinski definition) is 6. The predicted molar refractivity (Wildman–Crippen MR) is 56.0 cm³/mol. The number of aliphatic hydroxyl groups is 1. The minimum absolute atomic E-state index is 0.0268. The van der Waals surface area contributed by atoms with E-state index in [-0.39, 0.29) is 39.3 Å². The van der Waals surface area contributed by atoms with Crippen molar-refractivity contribution in [1.82, 2.24) is 0 Å². The van der Waals surface area contributed by atoms with Crippen LogP contribution in [0.3, 0.4) is 0 Å². The first-order valence-electron chi connectivity index (χ1n) is 4.70.